The first-order valence-corrected chi connectivity index (χ1v) is 13.9. The Morgan fingerprint density at radius 3 is 2.46 bits per heavy atom. The fourth-order valence-corrected chi connectivity index (χ4v) is 5.40. The monoisotopic (exact) mass is 551 g/mol. The average molecular weight is 552 g/mol. The highest BCUT2D eigenvalue weighted by Crippen LogP contribution is 2.36. The van der Waals surface area contributed by atoms with E-state index in [0.717, 1.165) is 16.9 Å². The smallest absolute Gasteiger partial charge is 0.266 e. The van der Waals surface area contributed by atoms with Crippen LogP contribution in [0.5, 0.6) is 11.5 Å². The molecule has 0 spiro atoms. The van der Waals surface area contributed by atoms with Crippen LogP contribution in [0.25, 0.3) is 6.08 Å². The van der Waals surface area contributed by atoms with Gasteiger partial charge in [0.2, 0.25) is 0 Å². The summed E-state index contributed by atoms with van der Waals surface area (Å²) in [7, 11) is 0. The van der Waals surface area contributed by atoms with Gasteiger partial charge >= 0.3 is 0 Å². The third-order valence-electron chi connectivity index (χ3n) is 5.91. The van der Waals surface area contributed by atoms with Crippen LogP contribution in [-0.4, -0.2) is 28.3 Å². The van der Waals surface area contributed by atoms with Gasteiger partial charge in [-0.25, -0.2) is 0 Å². The lowest BCUT2D eigenvalue weighted by molar-refractivity contribution is -0.122. The van der Waals surface area contributed by atoms with E-state index in [1.54, 1.807) is 17.0 Å². The number of nitrogens with zero attached hydrogens (tertiary/aromatic N) is 1. The number of halogens is 1. The number of aryl methyl sites for hydroxylation is 1. The Bertz CT molecular complexity index is 1310. The van der Waals surface area contributed by atoms with Crippen LogP contribution in [0.4, 0.5) is 0 Å². The van der Waals surface area contributed by atoms with Gasteiger partial charge in [-0.3, -0.25) is 9.69 Å². The first-order valence-electron chi connectivity index (χ1n) is 12.3. The van der Waals surface area contributed by atoms with E-state index >= 15 is 0 Å². The van der Waals surface area contributed by atoms with Crippen LogP contribution in [0.15, 0.2) is 71.6 Å². The standard InChI is InChI=1S/C30H30ClNO3S2/c1-20(2)25-12-10-21(3)16-27(25)35-15-7-14-34-26-13-11-24(31)17-23(26)18-28-29(33)32(30(36)37-28)19-22-8-5-4-6-9-22/h4-6,8-13,16-18,20H,7,14-15,19H2,1-3H3. The molecule has 0 unspecified atom stereocenters. The summed E-state index contributed by atoms with van der Waals surface area (Å²) in [6, 6.07) is 21.6. The normalized spacial score (nSPS) is 14.6. The van der Waals surface area contributed by atoms with Gasteiger partial charge in [0.05, 0.1) is 24.7 Å². The molecule has 0 saturated carbocycles. The molecule has 3 aromatic rings. The molecule has 0 radical (unpaired) electrons. The van der Waals surface area contributed by atoms with Crippen molar-refractivity contribution in [1.82, 2.24) is 4.90 Å². The Hall–Kier alpha value is -2.80. The van der Waals surface area contributed by atoms with Gasteiger partial charge in [-0.05, 0) is 59.9 Å². The quantitative estimate of drug-likeness (QED) is 0.145. The molecule has 4 nitrogen and oxygen atoms in total. The van der Waals surface area contributed by atoms with E-state index in [1.807, 2.05) is 42.5 Å². The Morgan fingerprint density at radius 1 is 1.00 bits per heavy atom. The summed E-state index contributed by atoms with van der Waals surface area (Å²) < 4.78 is 12.7. The van der Waals surface area contributed by atoms with Crippen LogP contribution in [0.1, 0.15) is 48.4 Å². The summed E-state index contributed by atoms with van der Waals surface area (Å²) in [5.74, 6) is 1.87. The molecule has 7 heteroatoms. The lowest BCUT2D eigenvalue weighted by atomic mass is 10.0. The fraction of sp³-hybridized carbons (Fsp3) is 0.267. The molecule has 3 aromatic carbocycles. The zero-order valence-corrected chi connectivity index (χ0v) is 23.6. The topological polar surface area (TPSA) is 38.8 Å². The molecule has 4 rings (SSSR count). The molecular weight excluding hydrogens is 522 g/mol. The number of ether oxygens (including phenoxy) is 2. The maximum atomic E-state index is 13.1. The molecule has 1 fully saturated rings. The molecule has 1 heterocycles. The van der Waals surface area contributed by atoms with E-state index in [4.69, 9.17) is 33.3 Å². The Morgan fingerprint density at radius 2 is 1.73 bits per heavy atom. The molecule has 0 N–H and O–H groups in total. The summed E-state index contributed by atoms with van der Waals surface area (Å²) in [4.78, 5) is 15.3. The van der Waals surface area contributed by atoms with E-state index in [-0.39, 0.29) is 5.91 Å². The minimum atomic E-state index is -0.114. The third kappa shape index (κ3) is 7.16. The molecule has 1 saturated heterocycles. The molecule has 1 aliphatic rings. The number of carbonyl (C=O) groups excluding carboxylic acids is 1. The Kier molecular flexibility index (Phi) is 9.30. The highest BCUT2D eigenvalue weighted by Gasteiger charge is 2.32. The molecule has 1 aliphatic heterocycles. The van der Waals surface area contributed by atoms with Crippen LogP contribution < -0.4 is 9.47 Å². The fourth-order valence-electron chi connectivity index (χ4n) is 3.97. The lowest BCUT2D eigenvalue weighted by Gasteiger charge is -2.15. The number of carbonyl (C=O) groups is 1. The second-order valence-electron chi connectivity index (χ2n) is 9.18. The van der Waals surface area contributed by atoms with Crippen molar-refractivity contribution in [3.8, 4) is 11.5 Å². The van der Waals surface area contributed by atoms with Crippen molar-refractivity contribution in [3.05, 3.63) is 98.9 Å². The van der Waals surface area contributed by atoms with Crippen LogP contribution in [0, 0.1) is 6.92 Å². The first-order chi connectivity index (χ1) is 17.8. The average Bonchev–Trinajstić information content (AvgIpc) is 3.12. The van der Waals surface area contributed by atoms with Gasteiger partial charge in [0.25, 0.3) is 5.91 Å². The molecule has 0 aliphatic carbocycles. The molecule has 0 aromatic heterocycles. The highest BCUT2D eigenvalue weighted by atomic mass is 35.5. The lowest BCUT2D eigenvalue weighted by Crippen LogP contribution is -2.27. The minimum Gasteiger partial charge on any atom is -0.493 e. The molecular formula is C30H30ClNO3S2. The Labute approximate surface area is 233 Å². The third-order valence-corrected chi connectivity index (χ3v) is 7.52. The largest absolute Gasteiger partial charge is 0.493 e. The minimum absolute atomic E-state index is 0.114. The number of rotatable bonds is 10. The summed E-state index contributed by atoms with van der Waals surface area (Å²) in [6.45, 7) is 7.86. The molecule has 1 amide bonds. The molecule has 192 valence electrons. The molecule has 0 atom stereocenters. The van der Waals surface area contributed by atoms with E-state index in [9.17, 15) is 4.79 Å². The SMILES string of the molecule is Cc1ccc(C(C)C)c(OCCCOc2ccc(Cl)cc2C=C2SC(=S)N(Cc3ccccc3)C2=O)c1. The second kappa shape index (κ2) is 12.6. The van der Waals surface area contributed by atoms with Gasteiger partial charge in [-0.1, -0.05) is 91.9 Å². The Balaban J connectivity index is 1.39. The van der Waals surface area contributed by atoms with Crippen molar-refractivity contribution < 1.29 is 14.3 Å². The summed E-state index contributed by atoms with van der Waals surface area (Å²) in [6.07, 6.45) is 2.52. The summed E-state index contributed by atoms with van der Waals surface area (Å²) in [5.41, 5.74) is 4.15. The predicted molar refractivity (Wildman–Crippen MR) is 157 cm³/mol. The van der Waals surface area contributed by atoms with Crippen molar-refractivity contribution in [1.29, 1.82) is 0 Å². The van der Waals surface area contributed by atoms with Gasteiger partial charge in [0.1, 0.15) is 15.8 Å². The summed E-state index contributed by atoms with van der Waals surface area (Å²) in [5, 5.41) is 0.572. The van der Waals surface area contributed by atoms with Crippen LogP contribution in [0.3, 0.4) is 0 Å². The number of hydrogen-bond acceptors (Lipinski definition) is 5. The molecule has 0 bridgehead atoms. The predicted octanol–water partition coefficient (Wildman–Crippen LogP) is 8.02. The second-order valence-corrected chi connectivity index (χ2v) is 11.3. The number of hydrogen-bond donors (Lipinski definition) is 0. The molecule has 37 heavy (non-hydrogen) atoms. The highest BCUT2D eigenvalue weighted by molar-refractivity contribution is 8.26. The van der Waals surface area contributed by atoms with E-state index in [2.05, 4.69) is 39.0 Å². The van der Waals surface area contributed by atoms with Crippen molar-refractivity contribution >= 4 is 51.9 Å². The van der Waals surface area contributed by atoms with Crippen molar-refractivity contribution in [2.24, 2.45) is 0 Å². The van der Waals surface area contributed by atoms with E-state index < -0.39 is 0 Å². The number of thioether (sulfide) groups is 1. The van der Waals surface area contributed by atoms with Crippen LogP contribution >= 0.6 is 35.6 Å². The van der Waals surface area contributed by atoms with Crippen molar-refractivity contribution in [3.63, 3.8) is 0 Å². The number of benzene rings is 3. The zero-order chi connectivity index (χ0) is 26.4. The maximum Gasteiger partial charge on any atom is 0.266 e. The van der Waals surface area contributed by atoms with Crippen molar-refractivity contribution in [2.75, 3.05) is 13.2 Å². The number of thiocarbonyl (C=S) groups is 1. The van der Waals surface area contributed by atoms with Gasteiger partial charge < -0.3 is 9.47 Å². The van der Waals surface area contributed by atoms with Crippen LogP contribution in [-0.2, 0) is 11.3 Å². The van der Waals surface area contributed by atoms with Gasteiger partial charge in [0, 0.05) is 17.0 Å². The first kappa shape index (κ1) is 27.2. The summed E-state index contributed by atoms with van der Waals surface area (Å²) >= 11 is 13.1. The maximum absolute atomic E-state index is 13.1. The van der Waals surface area contributed by atoms with E-state index in [1.165, 1.54) is 22.9 Å². The zero-order valence-electron chi connectivity index (χ0n) is 21.2. The van der Waals surface area contributed by atoms with Gasteiger partial charge in [0.15, 0.2) is 0 Å². The van der Waals surface area contributed by atoms with Gasteiger partial charge in [-0.2, -0.15) is 0 Å². The number of amides is 1. The van der Waals surface area contributed by atoms with E-state index in [0.29, 0.717) is 52.1 Å². The van der Waals surface area contributed by atoms with Crippen molar-refractivity contribution in [2.45, 2.75) is 39.7 Å². The van der Waals surface area contributed by atoms with Gasteiger partial charge in [-0.15, -0.1) is 0 Å². The van der Waals surface area contributed by atoms with Crippen LogP contribution in [0.2, 0.25) is 5.02 Å².